The lowest BCUT2D eigenvalue weighted by atomic mass is 10.2. The second kappa shape index (κ2) is 4.21. The molecule has 0 fully saturated rings. The molecule has 1 N–H and O–H groups in total. The molecular formula is C9H5F3O4. The molecule has 0 spiro atoms. The van der Waals surface area contributed by atoms with Crippen LogP contribution in [0.1, 0.15) is 17.3 Å². The van der Waals surface area contributed by atoms with Crippen molar-refractivity contribution in [3.05, 3.63) is 29.1 Å². The highest BCUT2D eigenvalue weighted by Crippen LogP contribution is 2.25. The van der Waals surface area contributed by atoms with Crippen molar-refractivity contribution in [1.82, 2.24) is 0 Å². The van der Waals surface area contributed by atoms with Crippen molar-refractivity contribution in [3.8, 4) is 5.75 Å². The van der Waals surface area contributed by atoms with E-state index in [0.29, 0.717) is 6.07 Å². The predicted octanol–water partition coefficient (Wildman–Crippen LogP) is 1.73. The van der Waals surface area contributed by atoms with Crippen molar-refractivity contribution < 1.29 is 32.6 Å². The van der Waals surface area contributed by atoms with Crippen LogP contribution in [0, 0.1) is 17.5 Å². The lowest BCUT2D eigenvalue weighted by Crippen LogP contribution is -2.10. The minimum absolute atomic E-state index is 0.400. The number of carboxylic acids is 1. The van der Waals surface area contributed by atoms with E-state index in [-0.39, 0.29) is 0 Å². The first-order valence-electron chi connectivity index (χ1n) is 3.93. The highest BCUT2D eigenvalue weighted by atomic mass is 19.2. The molecule has 0 saturated heterocycles. The van der Waals surface area contributed by atoms with Crippen LogP contribution in [0.5, 0.6) is 5.75 Å². The van der Waals surface area contributed by atoms with Gasteiger partial charge in [-0.15, -0.1) is 0 Å². The monoisotopic (exact) mass is 234 g/mol. The van der Waals surface area contributed by atoms with Gasteiger partial charge in [-0.05, 0) is 0 Å². The number of aromatic carboxylic acids is 1. The smallest absolute Gasteiger partial charge is 0.338 e. The zero-order valence-electron chi connectivity index (χ0n) is 7.88. The number of carbonyl (C=O) groups excluding carboxylic acids is 1. The maximum absolute atomic E-state index is 13.0. The van der Waals surface area contributed by atoms with E-state index < -0.39 is 40.7 Å². The molecule has 1 rings (SSSR count). The van der Waals surface area contributed by atoms with Gasteiger partial charge in [0.1, 0.15) is 5.56 Å². The molecule has 4 nitrogen and oxygen atoms in total. The standard InChI is InChI=1S/C9H5F3O4/c1-3(13)16-5-2-4(9(14)15)6(10)8(12)7(5)11/h2H,1H3,(H,14,15). The van der Waals surface area contributed by atoms with E-state index in [2.05, 4.69) is 4.74 Å². The third-order valence-electron chi connectivity index (χ3n) is 1.60. The lowest BCUT2D eigenvalue weighted by molar-refractivity contribution is -0.132. The Morgan fingerprint density at radius 2 is 1.75 bits per heavy atom. The van der Waals surface area contributed by atoms with Gasteiger partial charge in [-0.2, -0.15) is 4.39 Å². The fraction of sp³-hybridized carbons (Fsp3) is 0.111. The van der Waals surface area contributed by atoms with Gasteiger partial charge in [-0.1, -0.05) is 0 Å². The zero-order valence-corrected chi connectivity index (χ0v) is 7.88. The van der Waals surface area contributed by atoms with Crippen LogP contribution < -0.4 is 4.74 Å². The molecule has 16 heavy (non-hydrogen) atoms. The Bertz CT molecular complexity index is 470. The Morgan fingerprint density at radius 1 is 1.19 bits per heavy atom. The minimum Gasteiger partial charge on any atom is -0.478 e. The van der Waals surface area contributed by atoms with E-state index in [1.54, 1.807) is 0 Å². The van der Waals surface area contributed by atoms with E-state index in [1.165, 1.54) is 0 Å². The van der Waals surface area contributed by atoms with Gasteiger partial charge in [0.25, 0.3) is 0 Å². The Kier molecular flexibility index (Phi) is 3.17. The molecule has 0 aliphatic rings. The summed E-state index contributed by atoms with van der Waals surface area (Å²) in [4.78, 5) is 20.9. The molecule has 0 atom stereocenters. The van der Waals surface area contributed by atoms with Crippen LogP contribution in [0.15, 0.2) is 6.07 Å². The van der Waals surface area contributed by atoms with Crippen molar-refractivity contribution in [2.45, 2.75) is 6.92 Å². The fourth-order valence-electron chi connectivity index (χ4n) is 0.965. The van der Waals surface area contributed by atoms with Crippen LogP contribution in [-0.4, -0.2) is 17.0 Å². The normalized spacial score (nSPS) is 10.0. The summed E-state index contributed by atoms with van der Waals surface area (Å²) in [6, 6.07) is 0.400. The minimum atomic E-state index is -2.00. The number of carboxylic acid groups (broad SMARTS) is 1. The third-order valence-corrected chi connectivity index (χ3v) is 1.60. The van der Waals surface area contributed by atoms with E-state index in [4.69, 9.17) is 5.11 Å². The average molecular weight is 234 g/mol. The topological polar surface area (TPSA) is 63.6 Å². The molecule has 0 heterocycles. The Labute approximate surface area is 87.3 Å². The van der Waals surface area contributed by atoms with Crippen LogP contribution in [0.2, 0.25) is 0 Å². The molecule has 0 aliphatic heterocycles. The maximum atomic E-state index is 13.0. The maximum Gasteiger partial charge on any atom is 0.338 e. The molecule has 0 aromatic heterocycles. The largest absolute Gasteiger partial charge is 0.478 e. The van der Waals surface area contributed by atoms with Crippen molar-refractivity contribution >= 4 is 11.9 Å². The predicted molar refractivity (Wildman–Crippen MR) is 44.6 cm³/mol. The number of carbonyl (C=O) groups is 2. The summed E-state index contributed by atoms with van der Waals surface area (Å²) in [6.07, 6.45) is 0. The summed E-state index contributed by atoms with van der Waals surface area (Å²) in [7, 11) is 0. The molecule has 0 saturated carbocycles. The Morgan fingerprint density at radius 3 is 2.19 bits per heavy atom. The molecule has 86 valence electrons. The van der Waals surface area contributed by atoms with Crippen LogP contribution in [-0.2, 0) is 4.79 Å². The molecule has 0 unspecified atom stereocenters. The van der Waals surface area contributed by atoms with Crippen LogP contribution >= 0.6 is 0 Å². The highest BCUT2D eigenvalue weighted by Gasteiger charge is 2.23. The first-order chi connectivity index (χ1) is 7.34. The van der Waals surface area contributed by atoms with Gasteiger partial charge in [0.2, 0.25) is 5.82 Å². The molecule has 0 amide bonds. The molecule has 0 radical (unpaired) electrons. The summed E-state index contributed by atoms with van der Waals surface area (Å²) in [5, 5.41) is 8.47. The molecule has 1 aromatic carbocycles. The van der Waals surface area contributed by atoms with Crippen molar-refractivity contribution in [2.75, 3.05) is 0 Å². The highest BCUT2D eigenvalue weighted by molar-refractivity contribution is 5.88. The SMILES string of the molecule is CC(=O)Oc1cc(C(=O)O)c(F)c(F)c1F. The third kappa shape index (κ3) is 2.13. The average Bonchev–Trinajstić information content (AvgIpc) is 2.18. The number of esters is 1. The quantitative estimate of drug-likeness (QED) is 0.480. The summed E-state index contributed by atoms with van der Waals surface area (Å²) in [5.74, 6) is -9.36. The van der Waals surface area contributed by atoms with Crippen molar-refractivity contribution in [1.29, 1.82) is 0 Å². The molecule has 7 heteroatoms. The first kappa shape index (κ1) is 12.0. The Hall–Kier alpha value is -2.05. The van der Waals surface area contributed by atoms with E-state index in [0.717, 1.165) is 6.92 Å². The van der Waals surface area contributed by atoms with Crippen LogP contribution in [0.25, 0.3) is 0 Å². The second-order valence-electron chi connectivity index (χ2n) is 2.76. The van der Waals surface area contributed by atoms with Gasteiger partial charge in [0, 0.05) is 13.0 Å². The molecule has 0 aliphatic carbocycles. The van der Waals surface area contributed by atoms with Gasteiger partial charge in [0.15, 0.2) is 17.4 Å². The van der Waals surface area contributed by atoms with E-state index >= 15 is 0 Å². The number of hydrogen-bond acceptors (Lipinski definition) is 3. The number of benzene rings is 1. The first-order valence-corrected chi connectivity index (χ1v) is 3.93. The second-order valence-corrected chi connectivity index (χ2v) is 2.76. The van der Waals surface area contributed by atoms with Gasteiger partial charge >= 0.3 is 11.9 Å². The molecule has 0 bridgehead atoms. The summed E-state index contributed by atoms with van der Waals surface area (Å²) >= 11 is 0. The number of ether oxygens (including phenoxy) is 1. The van der Waals surface area contributed by atoms with E-state index in [1.807, 2.05) is 0 Å². The van der Waals surface area contributed by atoms with Gasteiger partial charge in [0.05, 0.1) is 0 Å². The van der Waals surface area contributed by atoms with Crippen molar-refractivity contribution in [3.63, 3.8) is 0 Å². The van der Waals surface area contributed by atoms with Crippen LogP contribution in [0.3, 0.4) is 0 Å². The summed E-state index contributed by atoms with van der Waals surface area (Å²) in [5.41, 5.74) is -1.12. The van der Waals surface area contributed by atoms with Gasteiger partial charge in [-0.3, -0.25) is 4.79 Å². The van der Waals surface area contributed by atoms with Gasteiger partial charge in [-0.25, -0.2) is 13.6 Å². The lowest BCUT2D eigenvalue weighted by Gasteiger charge is -2.06. The number of hydrogen-bond donors (Lipinski definition) is 1. The molecular weight excluding hydrogens is 229 g/mol. The Balaban J connectivity index is 3.40. The number of rotatable bonds is 2. The van der Waals surface area contributed by atoms with Crippen molar-refractivity contribution in [2.24, 2.45) is 0 Å². The zero-order chi connectivity index (χ0) is 12.5. The van der Waals surface area contributed by atoms with Crippen LogP contribution in [0.4, 0.5) is 13.2 Å². The van der Waals surface area contributed by atoms with Gasteiger partial charge < -0.3 is 9.84 Å². The molecule has 1 aromatic rings. The van der Waals surface area contributed by atoms with E-state index in [9.17, 15) is 22.8 Å². The number of halogens is 3. The summed E-state index contributed by atoms with van der Waals surface area (Å²) < 4.78 is 42.9. The summed E-state index contributed by atoms with van der Waals surface area (Å²) in [6.45, 7) is 0.904. The fourth-order valence-corrected chi connectivity index (χ4v) is 0.965.